The van der Waals surface area contributed by atoms with E-state index in [2.05, 4.69) is 10.6 Å². The summed E-state index contributed by atoms with van der Waals surface area (Å²) in [6.45, 7) is 6.92. The molecule has 0 spiro atoms. The number of nitrogens with zero attached hydrogens (tertiary/aromatic N) is 4. The van der Waals surface area contributed by atoms with Gasteiger partial charge in [0.2, 0.25) is 29.5 Å². The molecule has 4 atom stereocenters. The minimum absolute atomic E-state index is 0.0247. The molecule has 7 N–H and O–H groups in total. The number of benzene rings is 2. The maximum Gasteiger partial charge on any atom is 0.321 e. The Balaban J connectivity index is 1.38. The van der Waals surface area contributed by atoms with Crippen LogP contribution in [-0.2, 0) is 35.3 Å². The Morgan fingerprint density at radius 3 is 2.36 bits per heavy atom. The maximum absolute atomic E-state index is 15.0. The SMILES string of the molecule is CC(=O)N(CCC(N)C(=O)NCCNC(=O)CN1C(=O)CC(SCC(N)C(=O)O)C1=O)C(c1nc(-c2cc(F)ccc2F)cn1Cc1ccccc1)C(C)(C)C. The van der Waals surface area contributed by atoms with E-state index >= 15 is 0 Å². The van der Waals surface area contributed by atoms with Gasteiger partial charge in [0.05, 0.1) is 23.0 Å². The number of carbonyl (C=O) groups excluding carboxylic acids is 5. The van der Waals surface area contributed by atoms with Gasteiger partial charge in [0, 0.05) is 57.0 Å². The van der Waals surface area contributed by atoms with Gasteiger partial charge in [0.15, 0.2) is 0 Å². The fraction of sp³-hybridized carbons (Fsp3) is 0.447. The number of imide groups is 1. The summed E-state index contributed by atoms with van der Waals surface area (Å²) in [6, 6.07) is 9.64. The topological polar surface area (TPSA) is 223 Å². The fourth-order valence-corrected chi connectivity index (χ4v) is 7.32. The number of carboxylic acid groups (broad SMARTS) is 1. The molecule has 3 aromatic rings. The summed E-state index contributed by atoms with van der Waals surface area (Å²) in [5.74, 6) is -4.86. The molecule has 4 unspecified atom stereocenters. The molecule has 1 aliphatic heterocycles. The smallest absolute Gasteiger partial charge is 0.321 e. The van der Waals surface area contributed by atoms with Crippen LogP contribution < -0.4 is 22.1 Å². The number of aromatic nitrogens is 2. The van der Waals surface area contributed by atoms with E-state index in [1.54, 1.807) is 11.1 Å². The van der Waals surface area contributed by atoms with Gasteiger partial charge in [-0.1, -0.05) is 51.1 Å². The van der Waals surface area contributed by atoms with Crippen molar-refractivity contribution in [1.29, 1.82) is 0 Å². The van der Waals surface area contributed by atoms with Crippen LogP contribution in [0.2, 0.25) is 0 Å². The number of aliphatic carboxylic acids is 1. The van der Waals surface area contributed by atoms with Gasteiger partial charge in [0.1, 0.15) is 30.0 Å². The number of thioether (sulfide) groups is 1. The van der Waals surface area contributed by atoms with Crippen LogP contribution in [0.3, 0.4) is 0 Å². The molecule has 1 fully saturated rings. The van der Waals surface area contributed by atoms with Crippen molar-refractivity contribution in [3.05, 3.63) is 77.8 Å². The van der Waals surface area contributed by atoms with Crippen LogP contribution in [0.15, 0.2) is 54.7 Å². The third kappa shape index (κ3) is 11.4. The average molecular weight is 799 g/mol. The zero-order valence-corrected chi connectivity index (χ0v) is 32.5. The average Bonchev–Trinajstić information content (AvgIpc) is 3.65. The van der Waals surface area contributed by atoms with E-state index in [-0.39, 0.29) is 55.4 Å². The van der Waals surface area contributed by atoms with Crippen LogP contribution in [0, 0.1) is 17.0 Å². The number of amides is 5. The van der Waals surface area contributed by atoms with Gasteiger partial charge >= 0.3 is 5.97 Å². The van der Waals surface area contributed by atoms with Gasteiger partial charge in [-0.2, -0.15) is 0 Å². The molecule has 2 aromatic carbocycles. The zero-order chi connectivity index (χ0) is 41.3. The number of imidazole rings is 1. The van der Waals surface area contributed by atoms with E-state index in [1.165, 1.54) is 6.92 Å². The Kier molecular flexibility index (Phi) is 14.8. The first kappa shape index (κ1) is 43.5. The Hall–Kier alpha value is -5.20. The summed E-state index contributed by atoms with van der Waals surface area (Å²) in [6.07, 6.45) is 1.50. The van der Waals surface area contributed by atoms with Crippen LogP contribution >= 0.6 is 11.8 Å². The van der Waals surface area contributed by atoms with Gasteiger partial charge in [-0.15, -0.1) is 11.8 Å². The summed E-state index contributed by atoms with van der Waals surface area (Å²) in [5.41, 5.74) is 12.2. The standard InChI is InChI=1S/C38H48F2N8O7S/c1-22(49)47(15-12-27(41)35(52)44-14-13-43-31(50)20-48-32(51)17-30(36(48)53)56-21-28(42)37(54)55)33(38(2,3)4)34-45-29(25-16-24(39)10-11-26(25)40)19-46(34)18-23-8-6-5-7-9-23/h5-11,16,19,27-28,30,33H,12-15,17-18,20-21,41-42H2,1-4H3,(H,43,50)(H,44,52)(H,54,55). The number of carboxylic acids is 1. The van der Waals surface area contributed by atoms with Crippen LogP contribution in [0.5, 0.6) is 0 Å². The molecule has 5 amide bonds. The van der Waals surface area contributed by atoms with Crippen LogP contribution in [0.4, 0.5) is 8.78 Å². The molecular weight excluding hydrogens is 751 g/mol. The predicted octanol–water partition coefficient (Wildman–Crippen LogP) is 2.03. The van der Waals surface area contributed by atoms with E-state index in [9.17, 15) is 37.5 Å². The van der Waals surface area contributed by atoms with Gasteiger partial charge in [-0.25, -0.2) is 13.8 Å². The number of likely N-dealkylation sites (tertiary alicyclic amines) is 1. The molecule has 0 radical (unpaired) electrons. The zero-order valence-electron chi connectivity index (χ0n) is 31.7. The maximum atomic E-state index is 15.0. The molecule has 18 heteroatoms. The summed E-state index contributed by atoms with van der Waals surface area (Å²) in [7, 11) is 0. The minimum atomic E-state index is -1.23. The molecule has 2 heterocycles. The molecule has 0 saturated carbocycles. The van der Waals surface area contributed by atoms with E-state index < -0.39 is 76.6 Å². The second-order valence-corrected chi connectivity index (χ2v) is 15.8. The summed E-state index contributed by atoms with van der Waals surface area (Å²) in [5, 5.41) is 13.3. The normalized spacial score (nSPS) is 16.0. The lowest BCUT2D eigenvalue weighted by Crippen LogP contribution is -2.48. The van der Waals surface area contributed by atoms with Gasteiger partial charge in [-0.05, 0) is 35.6 Å². The van der Waals surface area contributed by atoms with Crippen molar-refractivity contribution in [2.45, 2.75) is 70.5 Å². The Morgan fingerprint density at radius 2 is 1.71 bits per heavy atom. The molecule has 0 aliphatic carbocycles. The highest BCUT2D eigenvalue weighted by Gasteiger charge is 2.40. The lowest BCUT2D eigenvalue weighted by Gasteiger charge is -2.40. The summed E-state index contributed by atoms with van der Waals surface area (Å²) in [4.78, 5) is 81.8. The van der Waals surface area contributed by atoms with Gasteiger partial charge in [0.25, 0.3) is 0 Å². The predicted molar refractivity (Wildman–Crippen MR) is 205 cm³/mol. The minimum Gasteiger partial charge on any atom is -0.480 e. The number of halogens is 2. The lowest BCUT2D eigenvalue weighted by atomic mass is 9.84. The second-order valence-electron chi connectivity index (χ2n) is 14.5. The van der Waals surface area contributed by atoms with E-state index in [0.717, 1.165) is 40.4 Å². The largest absolute Gasteiger partial charge is 0.480 e. The number of hydrogen-bond acceptors (Lipinski definition) is 10. The van der Waals surface area contributed by atoms with Crippen LogP contribution in [0.1, 0.15) is 58.0 Å². The Bertz CT molecular complexity index is 1920. The van der Waals surface area contributed by atoms with E-state index in [0.29, 0.717) is 12.4 Å². The summed E-state index contributed by atoms with van der Waals surface area (Å²) >= 11 is 0.942. The molecule has 4 rings (SSSR count). The van der Waals surface area contributed by atoms with Crippen molar-refractivity contribution in [1.82, 2.24) is 30.0 Å². The number of carbonyl (C=O) groups is 6. The van der Waals surface area contributed by atoms with Crippen molar-refractivity contribution in [3.63, 3.8) is 0 Å². The molecule has 1 aliphatic rings. The van der Waals surface area contributed by atoms with Crippen LogP contribution in [0.25, 0.3) is 11.3 Å². The second kappa shape index (κ2) is 19.1. The third-order valence-corrected chi connectivity index (χ3v) is 10.4. The molecule has 1 saturated heterocycles. The van der Waals surface area contributed by atoms with Crippen molar-refractivity contribution >= 4 is 47.3 Å². The Morgan fingerprint density at radius 1 is 1.04 bits per heavy atom. The molecule has 15 nitrogen and oxygen atoms in total. The van der Waals surface area contributed by atoms with E-state index in [4.69, 9.17) is 21.6 Å². The van der Waals surface area contributed by atoms with E-state index in [1.807, 2.05) is 55.7 Å². The fourth-order valence-electron chi connectivity index (χ4n) is 6.21. The van der Waals surface area contributed by atoms with Crippen molar-refractivity contribution in [2.24, 2.45) is 16.9 Å². The van der Waals surface area contributed by atoms with Crippen molar-refractivity contribution in [2.75, 3.05) is 31.9 Å². The molecule has 56 heavy (non-hydrogen) atoms. The number of hydrogen-bond donors (Lipinski definition) is 5. The first-order valence-electron chi connectivity index (χ1n) is 17.9. The van der Waals surface area contributed by atoms with Crippen LogP contribution in [-0.4, -0.2) is 109 Å². The number of nitrogens with two attached hydrogens (primary N) is 2. The quantitative estimate of drug-likeness (QED) is 0.0926. The highest BCUT2D eigenvalue weighted by atomic mass is 32.2. The first-order valence-corrected chi connectivity index (χ1v) is 19.0. The molecule has 0 bridgehead atoms. The first-order chi connectivity index (χ1) is 26.4. The molecule has 1 aromatic heterocycles. The highest BCUT2D eigenvalue weighted by Crippen LogP contribution is 2.39. The molecule has 302 valence electrons. The highest BCUT2D eigenvalue weighted by molar-refractivity contribution is 8.00. The van der Waals surface area contributed by atoms with Gasteiger partial charge < -0.3 is 36.7 Å². The number of nitrogens with one attached hydrogen (secondary N) is 2. The van der Waals surface area contributed by atoms with Crippen molar-refractivity contribution < 1.29 is 42.7 Å². The third-order valence-electron chi connectivity index (χ3n) is 9.05. The number of rotatable bonds is 18. The molecular formula is C38H48F2N8O7S. The monoisotopic (exact) mass is 798 g/mol. The Labute approximate surface area is 327 Å². The summed E-state index contributed by atoms with van der Waals surface area (Å²) < 4.78 is 31.0. The van der Waals surface area contributed by atoms with Gasteiger partial charge in [-0.3, -0.25) is 33.7 Å². The lowest BCUT2D eigenvalue weighted by molar-refractivity contribution is -0.142. The van der Waals surface area contributed by atoms with Crippen molar-refractivity contribution in [3.8, 4) is 11.3 Å².